The molecule has 174 valence electrons. The number of nitrogens with zero attached hydrogens (tertiary/aromatic N) is 2. The summed E-state index contributed by atoms with van der Waals surface area (Å²) in [6.45, 7) is 19.2. The number of oxime groups is 1. The zero-order valence-corrected chi connectivity index (χ0v) is 20.7. The summed E-state index contributed by atoms with van der Waals surface area (Å²) >= 11 is 0. The van der Waals surface area contributed by atoms with E-state index < -0.39 is 0 Å². The maximum absolute atomic E-state index is 6.27. The summed E-state index contributed by atoms with van der Waals surface area (Å²) in [4.78, 5) is 8.31. The molecule has 2 N–H and O–H groups in total. The first-order chi connectivity index (χ1) is 14.8. The van der Waals surface area contributed by atoms with Crippen molar-refractivity contribution in [2.75, 3.05) is 13.1 Å². The van der Waals surface area contributed by atoms with E-state index >= 15 is 0 Å². The molecule has 0 spiro atoms. The Bertz CT molecular complexity index is 689. The van der Waals surface area contributed by atoms with Crippen LogP contribution in [0.2, 0.25) is 0 Å². The highest BCUT2D eigenvalue weighted by Crippen LogP contribution is 2.20. The highest BCUT2D eigenvalue weighted by molar-refractivity contribution is 5.82. The first-order valence-electron chi connectivity index (χ1n) is 12.0. The third-order valence-corrected chi connectivity index (χ3v) is 5.75. The van der Waals surface area contributed by atoms with Gasteiger partial charge in [-0.05, 0) is 83.2 Å². The lowest BCUT2D eigenvalue weighted by atomic mass is 9.95. The van der Waals surface area contributed by atoms with E-state index in [1.165, 1.54) is 5.57 Å². The number of amidine groups is 1. The molecule has 1 aliphatic rings. The summed E-state index contributed by atoms with van der Waals surface area (Å²) < 4.78 is 0. The molecule has 0 aromatic rings. The van der Waals surface area contributed by atoms with Crippen LogP contribution in [0, 0.1) is 5.92 Å². The topological polar surface area (TPSA) is 50.9 Å². The quantitative estimate of drug-likeness (QED) is 0.167. The van der Waals surface area contributed by atoms with Gasteiger partial charge >= 0.3 is 0 Å². The van der Waals surface area contributed by atoms with E-state index in [1.54, 1.807) is 0 Å². The first kappa shape index (κ1) is 27.0. The second-order valence-electron chi connectivity index (χ2n) is 8.59. The van der Waals surface area contributed by atoms with Crippen LogP contribution in [0.15, 0.2) is 64.9 Å². The summed E-state index contributed by atoms with van der Waals surface area (Å²) in [5.74, 6) is 0.931. The van der Waals surface area contributed by atoms with Gasteiger partial charge < -0.3 is 15.5 Å². The van der Waals surface area contributed by atoms with Crippen LogP contribution >= 0.6 is 0 Å². The van der Waals surface area contributed by atoms with Gasteiger partial charge in [-0.3, -0.25) is 0 Å². The number of hydrogen-bond acceptors (Lipinski definition) is 3. The lowest BCUT2D eigenvalue weighted by Gasteiger charge is -2.34. The van der Waals surface area contributed by atoms with E-state index in [-0.39, 0.29) is 6.10 Å². The van der Waals surface area contributed by atoms with Crippen LogP contribution < -0.4 is 5.73 Å². The predicted octanol–water partition coefficient (Wildman–Crippen LogP) is 6.54. The molecule has 4 heteroatoms. The normalized spacial score (nSPS) is 19.0. The van der Waals surface area contributed by atoms with Crippen molar-refractivity contribution >= 4 is 5.84 Å². The van der Waals surface area contributed by atoms with Crippen molar-refractivity contribution in [2.24, 2.45) is 16.8 Å². The Morgan fingerprint density at radius 2 is 1.81 bits per heavy atom. The van der Waals surface area contributed by atoms with Crippen LogP contribution in [0.5, 0.6) is 0 Å². The van der Waals surface area contributed by atoms with E-state index in [1.807, 2.05) is 13.8 Å². The van der Waals surface area contributed by atoms with Gasteiger partial charge in [-0.25, -0.2) is 0 Å². The number of allylic oxidation sites excluding steroid dienone is 7. The van der Waals surface area contributed by atoms with Crippen molar-refractivity contribution in [1.29, 1.82) is 0 Å². The van der Waals surface area contributed by atoms with Gasteiger partial charge in [0.05, 0.1) is 0 Å². The monoisotopic (exact) mass is 427 g/mol. The maximum Gasteiger partial charge on any atom is 0.149 e. The summed E-state index contributed by atoms with van der Waals surface area (Å²) in [7, 11) is 0. The van der Waals surface area contributed by atoms with Gasteiger partial charge in [-0.1, -0.05) is 68.5 Å². The number of nitrogens with two attached hydrogens (primary N) is 1. The largest absolute Gasteiger partial charge is 0.386 e. The molecule has 0 amide bonds. The van der Waals surface area contributed by atoms with E-state index in [9.17, 15) is 0 Å². The number of rotatable bonds is 12. The Balaban J connectivity index is 2.76. The van der Waals surface area contributed by atoms with Gasteiger partial charge in [0.15, 0.2) is 0 Å². The van der Waals surface area contributed by atoms with E-state index in [2.05, 4.69) is 80.8 Å². The van der Waals surface area contributed by atoms with Crippen molar-refractivity contribution in [3.63, 3.8) is 0 Å². The maximum atomic E-state index is 6.27. The van der Waals surface area contributed by atoms with Gasteiger partial charge in [0, 0.05) is 12.0 Å². The lowest BCUT2D eigenvalue weighted by molar-refractivity contribution is 0.0958. The van der Waals surface area contributed by atoms with Crippen LogP contribution in [0.1, 0.15) is 73.6 Å². The molecular weight excluding hydrogens is 382 g/mol. The van der Waals surface area contributed by atoms with Crippen molar-refractivity contribution in [1.82, 2.24) is 4.90 Å². The Morgan fingerprint density at radius 1 is 1.13 bits per heavy atom. The number of likely N-dealkylation sites (tertiary alicyclic amines) is 1. The third kappa shape index (κ3) is 9.73. The second-order valence-corrected chi connectivity index (χ2v) is 8.59. The Labute approximate surface area is 191 Å². The molecule has 1 unspecified atom stereocenters. The van der Waals surface area contributed by atoms with Crippen LogP contribution in [0.3, 0.4) is 0 Å². The third-order valence-electron chi connectivity index (χ3n) is 5.75. The van der Waals surface area contributed by atoms with Crippen LogP contribution in [0.4, 0.5) is 0 Å². The molecule has 0 radical (unpaired) electrons. The predicted molar refractivity (Wildman–Crippen MR) is 136 cm³/mol. The van der Waals surface area contributed by atoms with Crippen molar-refractivity contribution in [3.05, 3.63) is 59.8 Å². The van der Waals surface area contributed by atoms with Crippen molar-refractivity contribution in [2.45, 2.75) is 85.8 Å². The Hall–Kier alpha value is -2.07. The zero-order chi connectivity index (χ0) is 23.2. The highest BCUT2D eigenvalue weighted by atomic mass is 16.6. The highest BCUT2D eigenvalue weighted by Gasteiger charge is 2.23. The number of unbranched alkanes of at least 4 members (excludes halogenated alkanes) is 1. The van der Waals surface area contributed by atoms with Crippen LogP contribution in [-0.4, -0.2) is 36.0 Å². The molecule has 0 bridgehead atoms. The SMILES string of the molecule is C=C(/C=C\C(=C/CC)C(C)O/N=C(\N)C1CCN(C(C)C)CC1)C(/C=C\C)=C/CCC. The fourth-order valence-corrected chi connectivity index (χ4v) is 3.67. The summed E-state index contributed by atoms with van der Waals surface area (Å²) in [5.41, 5.74) is 9.53. The molecule has 0 saturated carbocycles. The van der Waals surface area contributed by atoms with Gasteiger partial charge in [0.25, 0.3) is 0 Å². The van der Waals surface area contributed by atoms with Crippen LogP contribution in [0.25, 0.3) is 0 Å². The Kier molecular flexibility index (Phi) is 12.9. The van der Waals surface area contributed by atoms with Crippen LogP contribution in [-0.2, 0) is 4.84 Å². The van der Waals surface area contributed by atoms with E-state index in [0.717, 1.165) is 56.3 Å². The summed E-state index contributed by atoms with van der Waals surface area (Å²) in [5, 5.41) is 4.31. The first-order valence-corrected chi connectivity index (χ1v) is 12.0. The molecule has 1 aliphatic heterocycles. The molecule has 1 atom stereocenters. The summed E-state index contributed by atoms with van der Waals surface area (Å²) in [6.07, 6.45) is 17.8. The average molecular weight is 428 g/mol. The average Bonchev–Trinajstić information content (AvgIpc) is 2.77. The minimum Gasteiger partial charge on any atom is -0.386 e. The fraction of sp³-hybridized carbons (Fsp3) is 0.593. The molecule has 0 aliphatic carbocycles. The van der Waals surface area contributed by atoms with Gasteiger partial charge in [-0.15, -0.1) is 0 Å². The minimum absolute atomic E-state index is 0.164. The second kappa shape index (κ2) is 14.9. The molecule has 1 fully saturated rings. The van der Waals surface area contributed by atoms with E-state index in [0.29, 0.717) is 17.8 Å². The van der Waals surface area contributed by atoms with Crippen molar-refractivity contribution < 1.29 is 4.84 Å². The molecular formula is C27H45N3O. The standard InChI is InChI=1S/C27H45N3O/c1-8-11-14-24(12-9-2)22(6)15-16-25(13-10-3)23(7)31-29-27(28)26-17-19-30(20-18-26)21(4)5/h9,12-16,21,23,26H,6,8,10-11,17-20H2,1-5,7H3,(H2,28,29)/b12-9-,16-15-,24-14+,25-13+. The summed E-state index contributed by atoms with van der Waals surface area (Å²) in [6, 6.07) is 0.587. The molecule has 0 aromatic carbocycles. The zero-order valence-electron chi connectivity index (χ0n) is 20.7. The van der Waals surface area contributed by atoms with Gasteiger partial charge in [-0.2, -0.15) is 0 Å². The smallest absolute Gasteiger partial charge is 0.149 e. The van der Waals surface area contributed by atoms with Crippen molar-refractivity contribution in [3.8, 4) is 0 Å². The lowest BCUT2D eigenvalue weighted by Crippen LogP contribution is -2.41. The fourth-order valence-electron chi connectivity index (χ4n) is 3.67. The molecule has 1 rings (SSSR count). The Morgan fingerprint density at radius 3 is 2.35 bits per heavy atom. The molecule has 1 heterocycles. The molecule has 31 heavy (non-hydrogen) atoms. The molecule has 0 aromatic heterocycles. The van der Waals surface area contributed by atoms with Gasteiger partial charge in [0.1, 0.15) is 11.9 Å². The number of piperidine rings is 1. The minimum atomic E-state index is -0.164. The molecule has 4 nitrogen and oxygen atoms in total. The van der Waals surface area contributed by atoms with Gasteiger partial charge in [0.2, 0.25) is 0 Å². The number of hydrogen-bond donors (Lipinski definition) is 1. The van der Waals surface area contributed by atoms with E-state index in [4.69, 9.17) is 10.6 Å². The molecule has 1 saturated heterocycles.